The highest BCUT2D eigenvalue weighted by molar-refractivity contribution is 6.33. The maximum Gasteiger partial charge on any atom is 0.227 e. The molecule has 0 radical (unpaired) electrons. The van der Waals surface area contributed by atoms with Crippen molar-refractivity contribution in [1.82, 2.24) is 4.98 Å². The van der Waals surface area contributed by atoms with Gasteiger partial charge in [-0.2, -0.15) is 0 Å². The molecular formula is C11H10ClNO2. The van der Waals surface area contributed by atoms with E-state index in [0.29, 0.717) is 23.1 Å². The summed E-state index contributed by atoms with van der Waals surface area (Å²) in [6.07, 6.45) is 2.08. The first kappa shape index (κ1) is 10.2. The van der Waals surface area contributed by atoms with Gasteiger partial charge in [0.25, 0.3) is 0 Å². The van der Waals surface area contributed by atoms with Gasteiger partial charge in [0.1, 0.15) is 5.76 Å². The Labute approximate surface area is 92.3 Å². The van der Waals surface area contributed by atoms with Crippen molar-refractivity contribution in [1.29, 1.82) is 0 Å². The van der Waals surface area contributed by atoms with E-state index in [4.69, 9.17) is 21.1 Å². The largest absolute Gasteiger partial charge is 0.441 e. The van der Waals surface area contributed by atoms with Crippen LogP contribution >= 0.6 is 11.6 Å². The number of halogens is 1. The Balaban J connectivity index is 2.33. The first-order chi connectivity index (χ1) is 7.31. The van der Waals surface area contributed by atoms with E-state index in [1.165, 1.54) is 0 Å². The average molecular weight is 224 g/mol. The highest BCUT2D eigenvalue weighted by Gasteiger charge is 2.08. The molecule has 2 aromatic rings. The van der Waals surface area contributed by atoms with Crippen LogP contribution in [0.5, 0.6) is 0 Å². The minimum absolute atomic E-state index is 0.0527. The van der Waals surface area contributed by atoms with Crippen LogP contribution in [0.2, 0.25) is 5.02 Å². The predicted molar refractivity (Wildman–Crippen MR) is 57.7 cm³/mol. The molecule has 0 unspecified atom stereocenters. The lowest BCUT2D eigenvalue weighted by atomic mass is 10.2. The monoisotopic (exact) mass is 223 g/mol. The number of hydrogen-bond acceptors (Lipinski definition) is 3. The Morgan fingerprint density at radius 1 is 1.33 bits per heavy atom. The zero-order chi connectivity index (χ0) is 10.7. The number of aromatic nitrogens is 1. The number of hydrogen-bond donors (Lipinski definition) is 1. The van der Waals surface area contributed by atoms with Crippen molar-refractivity contribution < 1.29 is 9.52 Å². The second-order valence-electron chi connectivity index (χ2n) is 3.09. The Morgan fingerprint density at radius 2 is 2.13 bits per heavy atom. The first-order valence-electron chi connectivity index (χ1n) is 4.61. The molecule has 1 heterocycles. The smallest absolute Gasteiger partial charge is 0.227 e. The molecule has 1 aromatic heterocycles. The van der Waals surface area contributed by atoms with Gasteiger partial charge in [0.15, 0.2) is 0 Å². The van der Waals surface area contributed by atoms with Gasteiger partial charge >= 0.3 is 0 Å². The Hall–Kier alpha value is -1.32. The molecule has 78 valence electrons. The first-order valence-corrected chi connectivity index (χ1v) is 4.99. The lowest BCUT2D eigenvalue weighted by molar-refractivity contribution is 0.288. The van der Waals surface area contributed by atoms with Crippen molar-refractivity contribution in [2.24, 2.45) is 0 Å². The van der Waals surface area contributed by atoms with Crippen LogP contribution in [0.25, 0.3) is 11.5 Å². The predicted octanol–water partition coefficient (Wildman–Crippen LogP) is 2.53. The summed E-state index contributed by atoms with van der Waals surface area (Å²) in [5.41, 5.74) is 0.767. The lowest BCUT2D eigenvalue weighted by Gasteiger charge is -1.97. The Kier molecular flexibility index (Phi) is 3.04. The minimum atomic E-state index is 0.0527. The summed E-state index contributed by atoms with van der Waals surface area (Å²) in [6, 6.07) is 7.35. The normalized spacial score (nSPS) is 10.5. The third-order valence-electron chi connectivity index (χ3n) is 2.02. The fraction of sp³-hybridized carbons (Fsp3) is 0.182. The van der Waals surface area contributed by atoms with Crippen LogP contribution < -0.4 is 0 Å². The number of aliphatic hydroxyl groups excluding tert-OH is 1. The third kappa shape index (κ3) is 2.19. The summed E-state index contributed by atoms with van der Waals surface area (Å²) in [6.45, 7) is 0.0527. The van der Waals surface area contributed by atoms with Crippen LogP contribution in [0.15, 0.2) is 34.9 Å². The Bertz CT molecular complexity index is 453. The second-order valence-corrected chi connectivity index (χ2v) is 3.49. The zero-order valence-corrected chi connectivity index (χ0v) is 8.74. The molecule has 0 saturated carbocycles. The summed E-state index contributed by atoms with van der Waals surface area (Å²) in [7, 11) is 0. The van der Waals surface area contributed by atoms with E-state index in [1.807, 2.05) is 18.2 Å². The van der Waals surface area contributed by atoms with Gasteiger partial charge in [-0.1, -0.05) is 23.7 Å². The minimum Gasteiger partial charge on any atom is -0.441 e. The van der Waals surface area contributed by atoms with Gasteiger partial charge in [0.05, 0.1) is 23.4 Å². The SMILES string of the molecule is OCCc1cnc(-c2ccccc2Cl)o1. The number of oxazole rings is 1. The lowest BCUT2D eigenvalue weighted by Crippen LogP contribution is -1.86. The standard InChI is InChI=1S/C11H10ClNO2/c12-10-4-2-1-3-9(10)11-13-7-8(15-11)5-6-14/h1-4,7,14H,5-6H2. The van der Waals surface area contributed by atoms with E-state index in [9.17, 15) is 0 Å². The molecule has 0 fully saturated rings. The zero-order valence-electron chi connectivity index (χ0n) is 7.98. The van der Waals surface area contributed by atoms with Gasteiger partial charge in [-0.05, 0) is 12.1 Å². The van der Waals surface area contributed by atoms with Crippen LogP contribution in [-0.4, -0.2) is 16.7 Å². The highest BCUT2D eigenvalue weighted by Crippen LogP contribution is 2.26. The van der Waals surface area contributed by atoms with Crippen molar-refractivity contribution in [2.75, 3.05) is 6.61 Å². The molecule has 0 aliphatic carbocycles. The molecule has 0 bridgehead atoms. The van der Waals surface area contributed by atoms with Gasteiger partial charge in [-0.15, -0.1) is 0 Å². The van der Waals surface area contributed by atoms with Crippen LogP contribution in [0.3, 0.4) is 0 Å². The summed E-state index contributed by atoms with van der Waals surface area (Å²) in [5.74, 6) is 1.15. The summed E-state index contributed by atoms with van der Waals surface area (Å²) >= 11 is 6.00. The van der Waals surface area contributed by atoms with Gasteiger partial charge in [-0.25, -0.2) is 4.98 Å². The van der Waals surface area contributed by atoms with Gasteiger partial charge in [0.2, 0.25) is 5.89 Å². The van der Waals surface area contributed by atoms with Crippen LogP contribution in [-0.2, 0) is 6.42 Å². The quantitative estimate of drug-likeness (QED) is 0.870. The van der Waals surface area contributed by atoms with E-state index in [1.54, 1.807) is 12.3 Å². The molecule has 1 aromatic carbocycles. The molecule has 1 N–H and O–H groups in total. The molecule has 2 rings (SSSR count). The van der Waals surface area contributed by atoms with Gasteiger partial charge < -0.3 is 9.52 Å². The number of rotatable bonds is 3. The van der Waals surface area contributed by atoms with E-state index >= 15 is 0 Å². The third-order valence-corrected chi connectivity index (χ3v) is 2.35. The fourth-order valence-electron chi connectivity index (χ4n) is 1.29. The average Bonchev–Trinajstić information content (AvgIpc) is 2.68. The molecule has 0 aliphatic heterocycles. The molecule has 0 amide bonds. The molecule has 15 heavy (non-hydrogen) atoms. The van der Waals surface area contributed by atoms with Crippen LogP contribution in [0.4, 0.5) is 0 Å². The van der Waals surface area contributed by atoms with Crippen LogP contribution in [0.1, 0.15) is 5.76 Å². The fourth-order valence-corrected chi connectivity index (χ4v) is 1.51. The molecular weight excluding hydrogens is 214 g/mol. The highest BCUT2D eigenvalue weighted by atomic mass is 35.5. The number of aliphatic hydroxyl groups is 1. The van der Waals surface area contributed by atoms with Crippen molar-refractivity contribution >= 4 is 11.6 Å². The molecule has 0 saturated heterocycles. The van der Waals surface area contributed by atoms with Gasteiger partial charge in [0, 0.05) is 6.42 Å². The van der Waals surface area contributed by atoms with Crippen molar-refractivity contribution in [3.8, 4) is 11.5 Å². The number of nitrogens with zero attached hydrogens (tertiary/aromatic N) is 1. The van der Waals surface area contributed by atoms with E-state index in [2.05, 4.69) is 4.98 Å². The maximum atomic E-state index is 8.74. The molecule has 0 atom stereocenters. The topological polar surface area (TPSA) is 46.3 Å². The molecule has 3 nitrogen and oxygen atoms in total. The maximum absolute atomic E-state index is 8.74. The van der Waals surface area contributed by atoms with Crippen molar-refractivity contribution in [3.05, 3.63) is 41.2 Å². The van der Waals surface area contributed by atoms with Crippen LogP contribution in [0, 0.1) is 0 Å². The second kappa shape index (κ2) is 4.47. The van der Waals surface area contributed by atoms with Crippen molar-refractivity contribution in [2.45, 2.75) is 6.42 Å². The van der Waals surface area contributed by atoms with Gasteiger partial charge in [-0.3, -0.25) is 0 Å². The van der Waals surface area contributed by atoms with E-state index in [-0.39, 0.29) is 6.61 Å². The summed E-state index contributed by atoms with van der Waals surface area (Å²) in [4.78, 5) is 4.10. The molecule has 0 spiro atoms. The van der Waals surface area contributed by atoms with E-state index in [0.717, 1.165) is 5.56 Å². The Morgan fingerprint density at radius 3 is 2.87 bits per heavy atom. The molecule has 4 heteroatoms. The number of benzene rings is 1. The molecule has 0 aliphatic rings. The van der Waals surface area contributed by atoms with E-state index < -0.39 is 0 Å². The summed E-state index contributed by atoms with van der Waals surface area (Å²) < 4.78 is 5.44. The summed E-state index contributed by atoms with van der Waals surface area (Å²) in [5, 5.41) is 9.35. The van der Waals surface area contributed by atoms with Crippen molar-refractivity contribution in [3.63, 3.8) is 0 Å².